The Morgan fingerprint density at radius 2 is 2.00 bits per heavy atom. The van der Waals surface area contributed by atoms with E-state index < -0.39 is 0 Å². The number of aryl methyl sites for hydroxylation is 1. The SMILES string of the molecule is Cc1cccc(OCC(=O)NCCc2cnn(-c3ccccc3)c2)c1. The van der Waals surface area contributed by atoms with Crippen LogP contribution in [0.15, 0.2) is 67.0 Å². The lowest BCUT2D eigenvalue weighted by atomic mass is 10.2. The maximum Gasteiger partial charge on any atom is 0.257 e. The zero-order valence-corrected chi connectivity index (χ0v) is 14.2. The van der Waals surface area contributed by atoms with Gasteiger partial charge in [-0.15, -0.1) is 0 Å². The highest BCUT2D eigenvalue weighted by Gasteiger charge is 2.04. The second-order valence-corrected chi connectivity index (χ2v) is 5.83. The molecule has 3 rings (SSSR count). The van der Waals surface area contributed by atoms with E-state index >= 15 is 0 Å². The molecule has 0 aliphatic rings. The second-order valence-electron chi connectivity index (χ2n) is 5.83. The number of carbonyl (C=O) groups excluding carboxylic acids is 1. The van der Waals surface area contributed by atoms with Crippen molar-refractivity contribution < 1.29 is 9.53 Å². The van der Waals surface area contributed by atoms with Crippen LogP contribution in [0.3, 0.4) is 0 Å². The molecule has 5 nitrogen and oxygen atoms in total. The van der Waals surface area contributed by atoms with Crippen molar-refractivity contribution in [3.05, 3.63) is 78.1 Å². The summed E-state index contributed by atoms with van der Waals surface area (Å²) in [5.41, 5.74) is 3.20. The number of rotatable bonds is 7. The van der Waals surface area contributed by atoms with E-state index in [9.17, 15) is 4.79 Å². The molecule has 5 heteroatoms. The number of hydrogen-bond acceptors (Lipinski definition) is 3. The normalized spacial score (nSPS) is 10.4. The number of benzene rings is 2. The molecule has 0 atom stereocenters. The summed E-state index contributed by atoms with van der Waals surface area (Å²) in [6.07, 6.45) is 4.52. The number of hydrogen-bond donors (Lipinski definition) is 1. The number of aromatic nitrogens is 2. The third-order valence-electron chi connectivity index (χ3n) is 3.75. The fourth-order valence-electron chi connectivity index (χ4n) is 2.46. The number of nitrogens with zero attached hydrogens (tertiary/aromatic N) is 2. The van der Waals surface area contributed by atoms with E-state index in [0.717, 1.165) is 23.2 Å². The van der Waals surface area contributed by atoms with E-state index in [-0.39, 0.29) is 12.5 Å². The molecule has 0 bridgehead atoms. The lowest BCUT2D eigenvalue weighted by Gasteiger charge is -2.07. The van der Waals surface area contributed by atoms with Gasteiger partial charge in [0.15, 0.2) is 6.61 Å². The van der Waals surface area contributed by atoms with Crippen LogP contribution >= 0.6 is 0 Å². The van der Waals surface area contributed by atoms with E-state index in [1.165, 1.54) is 0 Å². The minimum Gasteiger partial charge on any atom is -0.484 e. The molecule has 128 valence electrons. The van der Waals surface area contributed by atoms with E-state index in [4.69, 9.17) is 4.74 Å². The molecule has 1 N–H and O–H groups in total. The van der Waals surface area contributed by atoms with E-state index in [2.05, 4.69) is 10.4 Å². The van der Waals surface area contributed by atoms with Gasteiger partial charge in [-0.05, 0) is 48.7 Å². The third kappa shape index (κ3) is 4.94. The topological polar surface area (TPSA) is 56.1 Å². The van der Waals surface area contributed by atoms with E-state index in [0.29, 0.717) is 12.3 Å². The number of amides is 1. The second kappa shape index (κ2) is 8.15. The Balaban J connectivity index is 1.42. The maximum absolute atomic E-state index is 11.9. The van der Waals surface area contributed by atoms with Crippen molar-refractivity contribution in [2.75, 3.05) is 13.2 Å². The Kier molecular flexibility index (Phi) is 5.46. The van der Waals surface area contributed by atoms with Crippen LogP contribution in [-0.4, -0.2) is 28.8 Å². The highest BCUT2D eigenvalue weighted by molar-refractivity contribution is 5.77. The number of nitrogens with one attached hydrogen (secondary N) is 1. The van der Waals surface area contributed by atoms with Crippen LogP contribution in [0.4, 0.5) is 0 Å². The molecule has 0 fully saturated rings. The Morgan fingerprint density at radius 3 is 2.80 bits per heavy atom. The van der Waals surface area contributed by atoms with Gasteiger partial charge in [-0.3, -0.25) is 4.79 Å². The Morgan fingerprint density at radius 1 is 1.16 bits per heavy atom. The summed E-state index contributed by atoms with van der Waals surface area (Å²) in [6, 6.07) is 17.6. The third-order valence-corrected chi connectivity index (χ3v) is 3.75. The van der Waals surface area contributed by atoms with Gasteiger partial charge in [0.25, 0.3) is 5.91 Å². The van der Waals surface area contributed by atoms with Crippen LogP contribution in [0.1, 0.15) is 11.1 Å². The van der Waals surface area contributed by atoms with Crippen molar-refractivity contribution in [1.82, 2.24) is 15.1 Å². The first-order valence-corrected chi connectivity index (χ1v) is 8.26. The van der Waals surface area contributed by atoms with Crippen molar-refractivity contribution in [2.45, 2.75) is 13.3 Å². The van der Waals surface area contributed by atoms with Crippen molar-refractivity contribution >= 4 is 5.91 Å². The van der Waals surface area contributed by atoms with Gasteiger partial charge in [0.2, 0.25) is 0 Å². The van der Waals surface area contributed by atoms with Crippen LogP contribution in [0.5, 0.6) is 5.75 Å². The van der Waals surface area contributed by atoms with Gasteiger partial charge in [0, 0.05) is 12.7 Å². The molecule has 0 spiro atoms. The average Bonchev–Trinajstić information content (AvgIpc) is 3.10. The quantitative estimate of drug-likeness (QED) is 0.722. The monoisotopic (exact) mass is 335 g/mol. The summed E-state index contributed by atoms with van der Waals surface area (Å²) in [5, 5.41) is 7.21. The van der Waals surface area contributed by atoms with Crippen LogP contribution in [0, 0.1) is 6.92 Å². The fraction of sp³-hybridized carbons (Fsp3) is 0.200. The van der Waals surface area contributed by atoms with Crippen LogP contribution in [0.25, 0.3) is 5.69 Å². The molecule has 0 aliphatic carbocycles. The van der Waals surface area contributed by atoms with Gasteiger partial charge >= 0.3 is 0 Å². The summed E-state index contributed by atoms with van der Waals surface area (Å²) >= 11 is 0. The minimum absolute atomic E-state index is 0.0206. The molecule has 0 aliphatic heterocycles. The van der Waals surface area contributed by atoms with Gasteiger partial charge in [-0.25, -0.2) is 4.68 Å². The Hall–Kier alpha value is -3.08. The largest absolute Gasteiger partial charge is 0.484 e. The Labute approximate surface area is 147 Å². The van der Waals surface area contributed by atoms with Crippen molar-refractivity contribution in [3.8, 4) is 11.4 Å². The lowest BCUT2D eigenvalue weighted by molar-refractivity contribution is -0.123. The lowest BCUT2D eigenvalue weighted by Crippen LogP contribution is -2.30. The predicted molar refractivity (Wildman–Crippen MR) is 97.0 cm³/mol. The molecule has 25 heavy (non-hydrogen) atoms. The first kappa shape index (κ1) is 16.8. The van der Waals surface area contributed by atoms with Crippen molar-refractivity contribution in [3.63, 3.8) is 0 Å². The number of para-hydroxylation sites is 1. The molecule has 1 aromatic heterocycles. The predicted octanol–water partition coefficient (Wildman–Crippen LogP) is 2.92. The van der Waals surface area contributed by atoms with Crippen LogP contribution in [0.2, 0.25) is 0 Å². The van der Waals surface area contributed by atoms with Crippen molar-refractivity contribution in [2.24, 2.45) is 0 Å². The zero-order chi connectivity index (χ0) is 17.5. The molecule has 0 radical (unpaired) electrons. The summed E-state index contributed by atoms with van der Waals surface area (Å²) in [6.45, 7) is 2.56. The van der Waals surface area contributed by atoms with Gasteiger partial charge in [0.1, 0.15) is 5.75 Å². The minimum atomic E-state index is -0.128. The molecule has 0 unspecified atom stereocenters. The fourth-order valence-corrected chi connectivity index (χ4v) is 2.46. The van der Waals surface area contributed by atoms with Gasteiger partial charge in [-0.1, -0.05) is 30.3 Å². The maximum atomic E-state index is 11.9. The molecule has 3 aromatic rings. The standard InChI is InChI=1S/C20H21N3O2/c1-16-6-5-9-19(12-16)25-15-20(24)21-11-10-17-13-22-23(14-17)18-7-3-2-4-8-18/h2-9,12-14H,10-11,15H2,1H3,(H,21,24). The van der Waals surface area contributed by atoms with Gasteiger partial charge < -0.3 is 10.1 Å². The smallest absolute Gasteiger partial charge is 0.257 e. The van der Waals surface area contributed by atoms with E-state index in [1.807, 2.05) is 78.6 Å². The van der Waals surface area contributed by atoms with E-state index in [1.54, 1.807) is 0 Å². The van der Waals surface area contributed by atoms with Gasteiger partial charge in [-0.2, -0.15) is 5.10 Å². The first-order chi connectivity index (χ1) is 12.2. The highest BCUT2D eigenvalue weighted by atomic mass is 16.5. The molecule has 1 amide bonds. The summed E-state index contributed by atoms with van der Waals surface area (Å²) in [5.74, 6) is 0.580. The van der Waals surface area contributed by atoms with Crippen LogP contribution < -0.4 is 10.1 Å². The molecule has 1 heterocycles. The molecule has 0 saturated carbocycles. The summed E-state index contributed by atoms with van der Waals surface area (Å²) in [4.78, 5) is 11.9. The average molecular weight is 335 g/mol. The van der Waals surface area contributed by atoms with Crippen molar-refractivity contribution in [1.29, 1.82) is 0 Å². The van der Waals surface area contributed by atoms with Gasteiger partial charge in [0.05, 0.1) is 11.9 Å². The Bertz CT molecular complexity index is 828. The highest BCUT2D eigenvalue weighted by Crippen LogP contribution is 2.12. The molecular formula is C20H21N3O2. The van der Waals surface area contributed by atoms with Crippen LogP contribution in [-0.2, 0) is 11.2 Å². The molecule has 2 aromatic carbocycles. The summed E-state index contributed by atoms with van der Waals surface area (Å²) in [7, 11) is 0. The zero-order valence-electron chi connectivity index (χ0n) is 14.2. The molecule has 0 saturated heterocycles. The number of ether oxygens (including phenoxy) is 1. The molecular weight excluding hydrogens is 314 g/mol. The first-order valence-electron chi connectivity index (χ1n) is 8.26. The number of carbonyl (C=O) groups is 1. The summed E-state index contributed by atoms with van der Waals surface area (Å²) < 4.78 is 7.32.